The topological polar surface area (TPSA) is 52.7 Å². The molecule has 0 atom stereocenters. The minimum Gasteiger partial charge on any atom is -0.339 e. The number of rotatable bonds is 2. The molecule has 118 valence electrons. The fraction of sp³-hybridized carbons (Fsp3) is 0.467. The van der Waals surface area contributed by atoms with Crippen LogP contribution in [0.3, 0.4) is 0 Å². The van der Waals surface area contributed by atoms with Crippen LogP contribution in [0.1, 0.15) is 10.4 Å². The summed E-state index contributed by atoms with van der Waals surface area (Å²) in [6.45, 7) is 3.70. The van der Waals surface area contributed by atoms with Crippen molar-refractivity contribution < 1.29 is 9.59 Å². The van der Waals surface area contributed by atoms with Crippen LogP contribution in [0.4, 0.5) is 0 Å². The maximum atomic E-state index is 12.5. The van der Waals surface area contributed by atoms with Crippen LogP contribution in [0.25, 0.3) is 0 Å². The molecule has 22 heavy (non-hydrogen) atoms. The molecule has 5 nitrogen and oxygen atoms in total. The Labute approximate surface area is 139 Å². The highest BCUT2D eigenvalue weighted by Crippen LogP contribution is 2.26. The lowest BCUT2D eigenvalue weighted by molar-refractivity contribution is -0.138. The molecule has 0 saturated carbocycles. The lowest BCUT2D eigenvalue weighted by Crippen LogP contribution is -2.57. The fourth-order valence-corrected chi connectivity index (χ4v) is 3.07. The van der Waals surface area contributed by atoms with E-state index in [0.717, 1.165) is 13.1 Å². The largest absolute Gasteiger partial charge is 0.339 e. The van der Waals surface area contributed by atoms with E-state index in [1.807, 2.05) is 4.90 Å². The molecule has 0 aliphatic carbocycles. The molecule has 0 spiro atoms. The predicted octanol–water partition coefficient (Wildman–Crippen LogP) is 1.50. The maximum absolute atomic E-state index is 12.5. The third kappa shape index (κ3) is 2.93. The summed E-state index contributed by atoms with van der Waals surface area (Å²) < 4.78 is 0. The normalized spacial score (nSPS) is 19.0. The molecule has 1 aromatic rings. The van der Waals surface area contributed by atoms with Gasteiger partial charge in [0.25, 0.3) is 5.91 Å². The van der Waals surface area contributed by atoms with Gasteiger partial charge in [-0.15, -0.1) is 0 Å². The number of nitrogens with one attached hydrogen (secondary N) is 1. The van der Waals surface area contributed by atoms with Gasteiger partial charge in [0.2, 0.25) is 5.91 Å². The highest BCUT2D eigenvalue weighted by atomic mass is 35.5. The fourth-order valence-electron chi connectivity index (χ4n) is 2.69. The summed E-state index contributed by atoms with van der Waals surface area (Å²) in [5.74, 6) is 0.154. The van der Waals surface area contributed by atoms with E-state index >= 15 is 0 Å². The molecular weight excluding hydrogens is 325 g/mol. The quantitative estimate of drug-likeness (QED) is 0.886. The molecule has 2 heterocycles. The number of benzene rings is 1. The van der Waals surface area contributed by atoms with Gasteiger partial charge in [0, 0.05) is 39.3 Å². The van der Waals surface area contributed by atoms with Crippen molar-refractivity contribution in [3.8, 4) is 0 Å². The van der Waals surface area contributed by atoms with E-state index in [9.17, 15) is 9.59 Å². The van der Waals surface area contributed by atoms with Crippen molar-refractivity contribution in [2.75, 3.05) is 39.3 Å². The first-order valence-electron chi connectivity index (χ1n) is 7.30. The molecule has 2 aliphatic rings. The van der Waals surface area contributed by atoms with Crippen molar-refractivity contribution in [3.05, 3.63) is 33.8 Å². The number of amides is 2. The molecule has 2 aliphatic heterocycles. The number of hydrogen-bond donors (Lipinski definition) is 1. The van der Waals surface area contributed by atoms with Crippen molar-refractivity contribution in [1.29, 1.82) is 0 Å². The summed E-state index contributed by atoms with van der Waals surface area (Å²) in [6, 6.07) is 5.04. The molecule has 0 radical (unpaired) electrons. The van der Waals surface area contributed by atoms with E-state index in [2.05, 4.69) is 5.32 Å². The Kier molecular flexibility index (Phi) is 4.57. The molecule has 7 heteroatoms. The Balaban J connectivity index is 1.62. The second-order valence-corrected chi connectivity index (χ2v) is 6.36. The average Bonchev–Trinajstić information content (AvgIpc) is 2.48. The van der Waals surface area contributed by atoms with Crippen molar-refractivity contribution in [1.82, 2.24) is 15.1 Å². The lowest BCUT2D eigenvalue weighted by atomic mass is 10.0. The Bertz CT molecular complexity index is 596. The Morgan fingerprint density at radius 1 is 1.05 bits per heavy atom. The van der Waals surface area contributed by atoms with Gasteiger partial charge < -0.3 is 15.1 Å². The first kappa shape index (κ1) is 15.6. The van der Waals surface area contributed by atoms with Gasteiger partial charge in [0.15, 0.2) is 0 Å². The molecule has 0 aromatic heterocycles. The van der Waals surface area contributed by atoms with Gasteiger partial charge in [-0.2, -0.15) is 0 Å². The van der Waals surface area contributed by atoms with Crippen molar-refractivity contribution >= 4 is 35.0 Å². The number of carbonyl (C=O) groups is 2. The second kappa shape index (κ2) is 6.44. The highest BCUT2D eigenvalue weighted by molar-refractivity contribution is 6.43. The van der Waals surface area contributed by atoms with Crippen LogP contribution < -0.4 is 5.32 Å². The van der Waals surface area contributed by atoms with E-state index in [4.69, 9.17) is 23.2 Å². The minimum atomic E-state index is -0.134. The molecule has 2 saturated heterocycles. The second-order valence-electron chi connectivity index (χ2n) is 5.57. The number of halogens is 2. The monoisotopic (exact) mass is 341 g/mol. The third-order valence-corrected chi connectivity index (χ3v) is 5.01. The van der Waals surface area contributed by atoms with Crippen molar-refractivity contribution in [2.24, 2.45) is 5.92 Å². The van der Waals surface area contributed by atoms with Crippen molar-refractivity contribution in [3.63, 3.8) is 0 Å². The Morgan fingerprint density at radius 2 is 1.68 bits per heavy atom. The van der Waals surface area contributed by atoms with Crippen LogP contribution in [-0.2, 0) is 4.79 Å². The van der Waals surface area contributed by atoms with Crippen LogP contribution in [0.15, 0.2) is 18.2 Å². The van der Waals surface area contributed by atoms with Crippen molar-refractivity contribution in [2.45, 2.75) is 0 Å². The first-order chi connectivity index (χ1) is 10.6. The smallest absolute Gasteiger partial charge is 0.255 e. The average molecular weight is 342 g/mol. The summed E-state index contributed by atoms with van der Waals surface area (Å²) in [5.41, 5.74) is 0.414. The zero-order valence-electron chi connectivity index (χ0n) is 12.0. The van der Waals surface area contributed by atoms with Crippen LogP contribution in [0, 0.1) is 5.92 Å². The van der Waals surface area contributed by atoms with E-state index in [0.29, 0.717) is 36.8 Å². The molecule has 1 aromatic carbocycles. The predicted molar refractivity (Wildman–Crippen MR) is 85.3 cm³/mol. The molecule has 0 unspecified atom stereocenters. The number of piperazine rings is 1. The highest BCUT2D eigenvalue weighted by Gasteiger charge is 2.32. The summed E-state index contributed by atoms with van der Waals surface area (Å²) in [7, 11) is 0. The minimum absolute atomic E-state index is 0.102. The summed E-state index contributed by atoms with van der Waals surface area (Å²) in [5, 5.41) is 3.76. The number of hydrogen-bond acceptors (Lipinski definition) is 3. The number of nitrogens with zero attached hydrogens (tertiary/aromatic N) is 2. The zero-order valence-corrected chi connectivity index (χ0v) is 13.5. The maximum Gasteiger partial charge on any atom is 0.255 e. The Hall–Kier alpha value is -1.30. The van der Waals surface area contributed by atoms with Gasteiger partial charge >= 0.3 is 0 Å². The molecule has 2 amide bonds. The van der Waals surface area contributed by atoms with Gasteiger partial charge in [-0.25, -0.2) is 0 Å². The van der Waals surface area contributed by atoms with Gasteiger partial charge in [-0.1, -0.05) is 29.3 Å². The molecule has 3 rings (SSSR count). The number of carbonyl (C=O) groups excluding carboxylic acids is 2. The zero-order chi connectivity index (χ0) is 15.7. The summed E-state index contributed by atoms with van der Waals surface area (Å²) in [6.07, 6.45) is 0. The first-order valence-corrected chi connectivity index (χ1v) is 8.06. The molecular formula is C15H17Cl2N3O2. The van der Waals surface area contributed by atoms with Gasteiger partial charge in [-0.3, -0.25) is 9.59 Å². The SMILES string of the molecule is O=C(c1cccc(Cl)c1Cl)N1CCN(C(=O)C2CNC2)CC1. The summed E-state index contributed by atoms with van der Waals surface area (Å²) in [4.78, 5) is 28.3. The van der Waals surface area contributed by atoms with Gasteiger partial charge in [0.05, 0.1) is 21.5 Å². The van der Waals surface area contributed by atoms with Gasteiger partial charge in [0.1, 0.15) is 0 Å². The van der Waals surface area contributed by atoms with Crippen LogP contribution >= 0.6 is 23.2 Å². The van der Waals surface area contributed by atoms with Crippen LogP contribution in [0.2, 0.25) is 10.0 Å². The van der Waals surface area contributed by atoms with E-state index in [-0.39, 0.29) is 22.8 Å². The van der Waals surface area contributed by atoms with E-state index < -0.39 is 0 Å². The van der Waals surface area contributed by atoms with Gasteiger partial charge in [-0.05, 0) is 12.1 Å². The summed E-state index contributed by atoms with van der Waals surface area (Å²) >= 11 is 12.1. The third-order valence-electron chi connectivity index (χ3n) is 4.19. The molecule has 2 fully saturated rings. The van der Waals surface area contributed by atoms with E-state index in [1.54, 1.807) is 23.1 Å². The molecule has 0 bridgehead atoms. The lowest BCUT2D eigenvalue weighted by Gasteiger charge is -2.38. The van der Waals surface area contributed by atoms with Crippen LogP contribution in [-0.4, -0.2) is 60.9 Å². The Morgan fingerprint density at radius 3 is 2.27 bits per heavy atom. The van der Waals surface area contributed by atoms with Crippen LogP contribution in [0.5, 0.6) is 0 Å². The van der Waals surface area contributed by atoms with E-state index in [1.165, 1.54) is 0 Å². The molecule has 1 N–H and O–H groups in total. The standard InChI is InChI=1S/C15H17Cl2N3O2/c16-12-3-1-2-11(13(12)17)15(22)20-6-4-19(5-7-20)14(21)10-8-18-9-10/h1-3,10,18H,4-9H2.